The lowest BCUT2D eigenvalue weighted by Crippen LogP contribution is -2.32. The highest BCUT2D eigenvalue weighted by Gasteiger charge is 2.26. The molecular weight excluding hydrogens is 238 g/mol. The summed E-state index contributed by atoms with van der Waals surface area (Å²) >= 11 is 0. The van der Waals surface area contributed by atoms with Crippen molar-refractivity contribution in [3.63, 3.8) is 0 Å². The third-order valence-electron chi connectivity index (χ3n) is 4.04. The van der Waals surface area contributed by atoms with Crippen LogP contribution in [0.15, 0.2) is 12.5 Å². The van der Waals surface area contributed by atoms with Crippen molar-refractivity contribution in [2.45, 2.75) is 57.5 Å². The largest absolute Gasteiger partial charge is 0.327 e. The molecule has 0 spiro atoms. The van der Waals surface area contributed by atoms with Crippen LogP contribution in [0.25, 0.3) is 11.2 Å². The molecule has 1 saturated carbocycles. The Morgan fingerprint density at radius 3 is 2.79 bits per heavy atom. The molecule has 2 atom stereocenters. The highest BCUT2D eigenvalue weighted by molar-refractivity contribution is 5.69. The molecule has 0 amide bonds. The fraction of sp³-hybridized carbons (Fsp3) is 0.643. The number of imidazole rings is 1. The van der Waals surface area contributed by atoms with Gasteiger partial charge in [-0.2, -0.15) is 0 Å². The molecule has 19 heavy (non-hydrogen) atoms. The van der Waals surface area contributed by atoms with E-state index in [1.54, 1.807) is 0 Å². The van der Waals surface area contributed by atoms with Crippen molar-refractivity contribution in [2.24, 2.45) is 5.73 Å². The number of aromatic nitrogens is 4. The monoisotopic (exact) mass is 259 g/mol. The van der Waals surface area contributed by atoms with Crippen molar-refractivity contribution in [1.29, 1.82) is 0 Å². The molecular formula is C14H21N5. The zero-order chi connectivity index (χ0) is 13.4. The fourth-order valence-electron chi connectivity index (χ4n) is 2.88. The van der Waals surface area contributed by atoms with Gasteiger partial charge >= 0.3 is 0 Å². The molecule has 2 aromatic rings. The number of nitrogens with zero attached hydrogens (tertiary/aromatic N) is 4. The van der Waals surface area contributed by atoms with E-state index >= 15 is 0 Å². The van der Waals surface area contributed by atoms with Crippen LogP contribution < -0.4 is 5.73 Å². The Kier molecular flexibility index (Phi) is 3.22. The number of nitrogens with two attached hydrogens (primary N) is 1. The third kappa shape index (κ3) is 2.23. The summed E-state index contributed by atoms with van der Waals surface area (Å²) in [6, 6.07) is 0.550. The fourth-order valence-corrected chi connectivity index (χ4v) is 2.88. The first-order chi connectivity index (χ1) is 9.16. The molecule has 5 nitrogen and oxygen atoms in total. The van der Waals surface area contributed by atoms with E-state index in [-0.39, 0.29) is 6.04 Å². The summed E-state index contributed by atoms with van der Waals surface area (Å²) < 4.78 is 2.09. The zero-order valence-corrected chi connectivity index (χ0v) is 11.6. The van der Waals surface area contributed by atoms with Crippen LogP contribution in [-0.4, -0.2) is 25.6 Å². The number of rotatable bonds is 2. The SMILES string of the molecule is CC(C)n1cnc2cnc(C3CCCCC3N)nc21. The van der Waals surface area contributed by atoms with Crippen LogP contribution in [0.3, 0.4) is 0 Å². The molecule has 2 unspecified atom stereocenters. The molecule has 2 N–H and O–H groups in total. The van der Waals surface area contributed by atoms with Gasteiger partial charge in [-0.05, 0) is 26.7 Å². The van der Waals surface area contributed by atoms with E-state index in [0.717, 1.165) is 29.8 Å². The Balaban J connectivity index is 2.02. The van der Waals surface area contributed by atoms with Gasteiger partial charge in [0.1, 0.15) is 11.3 Å². The minimum absolute atomic E-state index is 0.196. The van der Waals surface area contributed by atoms with Gasteiger partial charge in [-0.1, -0.05) is 12.8 Å². The van der Waals surface area contributed by atoms with Crippen LogP contribution in [0, 0.1) is 0 Å². The molecule has 1 aliphatic rings. The van der Waals surface area contributed by atoms with Gasteiger partial charge in [0.15, 0.2) is 5.65 Å². The second-order valence-corrected chi connectivity index (χ2v) is 5.74. The average molecular weight is 259 g/mol. The van der Waals surface area contributed by atoms with E-state index in [2.05, 4.69) is 28.4 Å². The predicted octanol–water partition coefficient (Wildman–Crippen LogP) is 2.39. The van der Waals surface area contributed by atoms with Gasteiger partial charge in [-0.25, -0.2) is 15.0 Å². The van der Waals surface area contributed by atoms with Crippen LogP contribution in [0.1, 0.15) is 57.3 Å². The molecule has 2 heterocycles. The summed E-state index contributed by atoms with van der Waals surface area (Å²) in [5.41, 5.74) is 8.02. The third-order valence-corrected chi connectivity index (χ3v) is 4.04. The summed E-state index contributed by atoms with van der Waals surface area (Å²) in [4.78, 5) is 13.6. The van der Waals surface area contributed by atoms with Crippen molar-refractivity contribution < 1.29 is 0 Å². The molecule has 0 aliphatic heterocycles. The first-order valence-corrected chi connectivity index (χ1v) is 7.12. The molecule has 1 aliphatic carbocycles. The minimum atomic E-state index is 0.196. The van der Waals surface area contributed by atoms with E-state index in [4.69, 9.17) is 10.7 Å². The summed E-state index contributed by atoms with van der Waals surface area (Å²) in [6.07, 6.45) is 8.30. The first kappa shape index (κ1) is 12.5. The van der Waals surface area contributed by atoms with E-state index in [1.165, 1.54) is 12.8 Å². The van der Waals surface area contributed by atoms with Gasteiger partial charge in [0.05, 0.1) is 12.5 Å². The maximum atomic E-state index is 6.23. The van der Waals surface area contributed by atoms with E-state index in [0.29, 0.717) is 12.0 Å². The number of fused-ring (bicyclic) bond motifs is 1. The van der Waals surface area contributed by atoms with Crippen LogP contribution in [0.2, 0.25) is 0 Å². The molecule has 0 aromatic carbocycles. The Morgan fingerprint density at radius 1 is 1.26 bits per heavy atom. The Bertz CT molecular complexity index is 574. The minimum Gasteiger partial charge on any atom is -0.327 e. The molecule has 1 fully saturated rings. The highest BCUT2D eigenvalue weighted by Crippen LogP contribution is 2.30. The lowest BCUT2D eigenvalue weighted by molar-refractivity contribution is 0.373. The first-order valence-electron chi connectivity index (χ1n) is 7.12. The van der Waals surface area contributed by atoms with Crippen molar-refractivity contribution in [1.82, 2.24) is 19.5 Å². The zero-order valence-electron chi connectivity index (χ0n) is 11.6. The Morgan fingerprint density at radius 2 is 2.05 bits per heavy atom. The molecule has 5 heteroatoms. The Labute approximate surface area is 113 Å². The van der Waals surface area contributed by atoms with Crippen LogP contribution in [-0.2, 0) is 0 Å². The van der Waals surface area contributed by atoms with Crippen molar-refractivity contribution in [3.05, 3.63) is 18.3 Å². The molecule has 0 saturated heterocycles. The van der Waals surface area contributed by atoms with Crippen LogP contribution in [0.4, 0.5) is 0 Å². The molecule has 2 aromatic heterocycles. The highest BCUT2D eigenvalue weighted by atomic mass is 15.1. The molecule has 0 bridgehead atoms. The summed E-state index contributed by atoms with van der Waals surface area (Å²) in [5.74, 6) is 1.19. The molecule has 102 valence electrons. The van der Waals surface area contributed by atoms with E-state index < -0.39 is 0 Å². The lowest BCUT2D eigenvalue weighted by Gasteiger charge is -2.27. The van der Waals surface area contributed by atoms with E-state index in [1.807, 2.05) is 12.5 Å². The van der Waals surface area contributed by atoms with Gasteiger partial charge in [-0.3, -0.25) is 0 Å². The van der Waals surface area contributed by atoms with Crippen molar-refractivity contribution >= 4 is 11.2 Å². The van der Waals surface area contributed by atoms with Crippen LogP contribution >= 0.6 is 0 Å². The smallest absolute Gasteiger partial charge is 0.163 e. The quantitative estimate of drug-likeness (QED) is 0.899. The van der Waals surface area contributed by atoms with Gasteiger partial charge in [0.2, 0.25) is 0 Å². The number of hydrogen-bond acceptors (Lipinski definition) is 4. The summed E-state index contributed by atoms with van der Waals surface area (Å²) in [5, 5.41) is 0. The summed E-state index contributed by atoms with van der Waals surface area (Å²) in [7, 11) is 0. The summed E-state index contributed by atoms with van der Waals surface area (Å²) in [6.45, 7) is 4.27. The second-order valence-electron chi connectivity index (χ2n) is 5.74. The predicted molar refractivity (Wildman–Crippen MR) is 74.9 cm³/mol. The van der Waals surface area contributed by atoms with E-state index in [9.17, 15) is 0 Å². The topological polar surface area (TPSA) is 69.6 Å². The van der Waals surface area contributed by atoms with Gasteiger partial charge in [-0.15, -0.1) is 0 Å². The van der Waals surface area contributed by atoms with Gasteiger partial charge in [0, 0.05) is 18.0 Å². The normalized spacial score (nSPS) is 24.2. The molecule has 3 rings (SSSR count). The van der Waals surface area contributed by atoms with Gasteiger partial charge < -0.3 is 10.3 Å². The Hall–Kier alpha value is -1.49. The lowest BCUT2D eigenvalue weighted by atomic mass is 9.84. The average Bonchev–Trinajstić information content (AvgIpc) is 2.82. The molecule has 0 radical (unpaired) electrons. The van der Waals surface area contributed by atoms with Gasteiger partial charge in [0.25, 0.3) is 0 Å². The van der Waals surface area contributed by atoms with Crippen LogP contribution in [0.5, 0.6) is 0 Å². The maximum absolute atomic E-state index is 6.23. The maximum Gasteiger partial charge on any atom is 0.163 e. The number of hydrogen-bond donors (Lipinski definition) is 1. The van der Waals surface area contributed by atoms with Crippen molar-refractivity contribution in [3.8, 4) is 0 Å². The second kappa shape index (κ2) is 4.89. The standard InChI is InChI=1S/C14H21N5/c1-9(2)19-8-17-12-7-16-13(18-14(12)19)10-5-3-4-6-11(10)15/h7-11H,3-6,15H2,1-2H3. The van der Waals surface area contributed by atoms with Crippen molar-refractivity contribution in [2.75, 3.05) is 0 Å².